The van der Waals surface area contributed by atoms with E-state index in [-0.39, 0.29) is 0 Å². The van der Waals surface area contributed by atoms with E-state index < -0.39 is 0 Å². The number of aromatic nitrogens is 1. The summed E-state index contributed by atoms with van der Waals surface area (Å²) in [5.74, 6) is 0. The van der Waals surface area contributed by atoms with Gasteiger partial charge in [-0.2, -0.15) is 0 Å². The average Bonchev–Trinajstić information content (AvgIpc) is 2.87. The number of halogens is 1. The van der Waals surface area contributed by atoms with Crippen molar-refractivity contribution in [3.63, 3.8) is 0 Å². The predicted molar refractivity (Wildman–Crippen MR) is 81.8 cm³/mol. The van der Waals surface area contributed by atoms with E-state index in [1.807, 2.05) is 29.6 Å². The molecule has 0 bridgehead atoms. The van der Waals surface area contributed by atoms with E-state index in [9.17, 15) is 0 Å². The van der Waals surface area contributed by atoms with Crippen molar-refractivity contribution >= 4 is 22.9 Å². The quantitative estimate of drug-likeness (QED) is 0.656. The molecule has 0 saturated carbocycles. The molecule has 1 aromatic carbocycles. The molecule has 3 rings (SSSR count). The summed E-state index contributed by atoms with van der Waals surface area (Å²) >= 11 is 7.59. The van der Waals surface area contributed by atoms with Gasteiger partial charge in [0.2, 0.25) is 0 Å². The molecule has 0 spiro atoms. The van der Waals surface area contributed by atoms with Gasteiger partial charge in [0.15, 0.2) is 0 Å². The average molecular weight is 286 g/mol. The minimum Gasteiger partial charge on any atom is -0.252 e. The van der Waals surface area contributed by atoms with E-state index in [0.29, 0.717) is 0 Å². The van der Waals surface area contributed by atoms with Crippen molar-refractivity contribution in [2.75, 3.05) is 0 Å². The highest BCUT2D eigenvalue weighted by molar-refractivity contribution is 7.14. The van der Waals surface area contributed by atoms with Crippen molar-refractivity contribution in [2.45, 2.75) is 6.42 Å². The Morgan fingerprint density at radius 1 is 1.00 bits per heavy atom. The number of nitrogens with zero attached hydrogens (tertiary/aromatic N) is 1. The molecule has 0 saturated heterocycles. The van der Waals surface area contributed by atoms with Gasteiger partial charge in [-0.3, -0.25) is 4.98 Å². The van der Waals surface area contributed by atoms with Crippen LogP contribution in [0.2, 0.25) is 5.02 Å². The van der Waals surface area contributed by atoms with Gasteiger partial charge in [-0.05, 0) is 23.8 Å². The molecule has 0 aliphatic rings. The van der Waals surface area contributed by atoms with Crippen LogP contribution in [0, 0.1) is 0 Å². The molecule has 94 valence electrons. The molecule has 0 unspecified atom stereocenters. The van der Waals surface area contributed by atoms with Crippen molar-refractivity contribution in [2.24, 2.45) is 0 Å². The normalized spacial score (nSPS) is 10.6. The lowest BCUT2D eigenvalue weighted by atomic mass is 10.1. The molecule has 2 aromatic heterocycles. The first kappa shape index (κ1) is 12.4. The third-order valence-electron chi connectivity index (χ3n) is 2.85. The highest BCUT2D eigenvalue weighted by atomic mass is 35.5. The maximum atomic E-state index is 5.96. The van der Waals surface area contributed by atoms with Gasteiger partial charge in [-0.1, -0.05) is 48.0 Å². The fourth-order valence-corrected chi connectivity index (χ4v) is 3.01. The van der Waals surface area contributed by atoms with Crippen molar-refractivity contribution < 1.29 is 0 Å². The van der Waals surface area contributed by atoms with Gasteiger partial charge in [0, 0.05) is 17.5 Å². The van der Waals surface area contributed by atoms with Crippen molar-refractivity contribution in [3.8, 4) is 10.6 Å². The van der Waals surface area contributed by atoms with Crippen LogP contribution >= 0.6 is 22.9 Å². The van der Waals surface area contributed by atoms with E-state index in [2.05, 4.69) is 30.3 Å². The van der Waals surface area contributed by atoms with Crippen LogP contribution in [0.4, 0.5) is 0 Å². The summed E-state index contributed by atoms with van der Waals surface area (Å²) in [6.45, 7) is 0. The molecule has 0 radical (unpaired) electrons. The van der Waals surface area contributed by atoms with Crippen LogP contribution in [-0.2, 0) is 6.42 Å². The molecule has 2 heterocycles. The van der Waals surface area contributed by atoms with Crippen molar-refractivity contribution in [1.29, 1.82) is 0 Å². The molecular weight excluding hydrogens is 274 g/mol. The smallest absolute Gasteiger partial charge is 0.0805 e. The van der Waals surface area contributed by atoms with E-state index in [1.54, 1.807) is 11.3 Å². The van der Waals surface area contributed by atoms with E-state index in [1.165, 1.54) is 5.56 Å². The van der Waals surface area contributed by atoms with E-state index >= 15 is 0 Å². The SMILES string of the molecule is Clc1csc(-c2cccc(Cc3ccccc3)n2)c1. The Kier molecular flexibility index (Phi) is 3.62. The summed E-state index contributed by atoms with van der Waals surface area (Å²) in [4.78, 5) is 5.81. The number of hydrogen-bond acceptors (Lipinski definition) is 2. The van der Waals surface area contributed by atoms with Gasteiger partial charge in [0.1, 0.15) is 0 Å². The lowest BCUT2D eigenvalue weighted by Crippen LogP contribution is -1.92. The van der Waals surface area contributed by atoms with Gasteiger partial charge in [0.05, 0.1) is 15.6 Å². The fourth-order valence-electron chi connectivity index (χ4n) is 1.97. The molecule has 3 heteroatoms. The molecule has 0 fully saturated rings. The van der Waals surface area contributed by atoms with Crippen LogP contribution in [0.25, 0.3) is 10.6 Å². The number of hydrogen-bond donors (Lipinski definition) is 0. The molecule has 0 N–H and O–H groups in total. The molecule has 19 heavy (non-hydrogen) atoms. The first-order chi connectivity index (χ1) is 9.31. The van der Waals surface area contributed by atoms with Crippen LogP contribution in [-0.4, -0.2) is 4.98 Å². The Labute approximate surface area is 121 Å². The minimum absolute atomic E-state index is 0.773. The zero-order valence-electron chi connectivity index (χ0n) is 10.2. The van der Waals surface area contributed by atoms with Crippen molar-refractivity contribution in [1.82, 2.24) is 4.98 Å². The second-order valence-electron chi connectivity index (χ2n) is 4.31. The highest BCUT2D eigenvalue weighted by Gasteiger charge is 2.04. The molecule has 0 aliphatic heterocycles. The van der Waals surface area contributed by atoms with Crippen LogP contribution in [0.15, 0.2) is 60.0 Å². The van der Waals surface area contributed by atoms with Crippen LogP contribution < -0.4 is 0 Å². The molecular formula is C16H12ClNS. The third-order valence-corrected chi connectivity index (χ3v) is 4.16. The highest BCUT2D eigenvalue weighted by Crippen LogP contribution is 2.28. The monoisotopic (exact) mass is 285 g/mol. The largest absolute Gasteiger partial charge is 0.252 e. The minimum atomic E-state index is 0.773. The Morgan fingerprint density at radius 3 is 2.58 bits per heavy atom. The lowest BCUT2D eigenvalue weighted by molar-refractivity contribution is 1.08. The van der Waals surface area contributed by atoms with Gasteiger partial charge in [0.25, 0.3) is 0 Å². The Balaban J connectivity index is 1.88. The topological polar surface area (TPSA) is 12.9 Å². The van der Waals surface area contributed by atoms with Gasteiger partial charge in [-0.15, -0.1) is 11.3 Å². The lowest BCUT2D eigenvalue weighted by Gasteiger charge is -2.03. The van der Waals surface area contributed by atoms with Gasteiger partial charge < -0.3 is 0 Å². The van der Waals surface area contributed by atoms with Gasteiger partial charge in [-0.25, -0.2) is 0 Å². The summed E-state index contributed by atoms with van der Waals surface area (Å²) < 4.78 is 0. The third kappa shape index (κ3) is 3.03. The number of pyridine rings is 1. The summed E-state index contributed by atoms with van der Waals surface area (Å²) in [7, 11) is 0. The zero-order chi connectivity index (χ0) is 13.1. The predicted octanol–water partition coefficient (Wildman–Crippen LogP) is 5.05. The number of thiophene rings is 1. The van der Waals surface area contributed by atoms with E-state index in [4.69, 9.17) is 16.6 Å². The second-order valence-corrected chi connectivity index (χ2v) is 5.65. The van der Waals surface area contributed by atoms with Crippen LogP contribution in [0.3, 0.4) is 0 Å². The first-order valence-corrected chi connectivity index (χ1v) is 7.31. The molecule has 1 nitrogen and oxygen atoms in total. The summed E-state index contributed by atoms with van der Waals surface area (Å²) in [5, 5.41) is 2.71. The maximum Gasteiger partial charge on any atom is 0.0805 e. The van der Waals surface area contributed by atoms with Crippen LogP contribution in [0.1, 0.15) is 11.3 Å². The Morgan fingerprint density at radius 2 is 1.84 bits per heavy atom. The number of rotatable bonds is 3. The fraction of sp³-hybridized carbons (Fsp3) is 0.0625. The summed E-state index contributed by atoms with van der Waals surface area (Å²) in [6, 6.07) is 18.5. The molecule has 0 atom stereocenters. The molecule has 0 aliphatic carbocycles. The standard InChI is InChI=1S/C16H12ClNS/c17-13-10-16(19-11-13)15-8-4-7-14(18-15)9-12-5-2-1-3-6-12/h1-8,10-11H,9H2. The number of benzene rings is 1. The zero-order valence-corrected chi connectivity index (χ0v) is 11.8. The molecule has 0 amide bonds. The second kappa shape index (κ2) is 5.55. The summed E-state index contributed by atoms with van der Waals surface area (Å²) in [5.41, 5.74) is 3.34. The Bertz CT molecular complexity index is 676. The summed E-state index contributed by atoms with van der Waals surface area (Å²) in [6.07, 6.45) is 0.855. The van der Waals surface area contributed by atoms with Crippen LogP contribution in [0.5, 0.6) is 0 Å². The van der Waals surface area contributed by atoms with E-state index in [0.717, 1.165) is 27.7 Å². The molecule has 3 aromatic rings. The van der Waals surface area contributed by atoms with Gasteiger partial charge >= 0.3 is 0 Å². The first-order valence-electron chi connectivity index (χ1n) is 6.05. The Hall–Kier alpha value is -1.64. The maximum absolute atomic E-state index is 5.96. The van der Waals surface area contributed by atoms with Crippen molar-refractivity contribution in [3.05, 3.63) is 76.3 Å².